The fourth-order valence-electron chi connectivity index (χ4n) is 3.40. The van der Waals surface area contributed by atoms with Crippen molar-refractivity contribution in [3.8, 4) is 17.8 Å². The molecule has 0 saturated carbocycles. The lowest BCUT2D eigenvalue weighted by Gasteiger charge is -2.11. The molecule has 6 nitrogen and oxygen atoms in total. The molecule has 0 aliphatic carbocycles. The van der Waals surface area contributed by atoms with Crippen molar-refractivity contribution in [2.45, 2.75) is 0 Å². The first-order valence-electron chi connectivity index (χ1n) is 9.76. The molecule has 0 atom stereocenters. The molecule has 0 bridgehead atoms. The van der Waals surface area contributed by atoms with Crippen LogP contribution < -0.4 is 14.0 Å². The average molecular weight is 410 g/mol. The molecule has 3 aromatic carbocycles. The van der Waals surface area contributed by atoms with Crippen molar-refractivity contribution in [3.05, 3.63) is 91.0 Å². The highest BCUT2D eigenvalue weighted by molar-refractivity contribution is 6.39. The molecule has 0 unspecified atom stereocenters. The summed E-state index contributed by atoms with van der Waals surface area (Å²) < 4.78 is 34.8. The van der Waals surface area contributed by atoms with Crippen molar-refractivity contribution in [1.29, 1.82) is 0 Å². The molecule has 0 aliphatic heterocycles. The van der Waals surface area contributed by atoms with Crippen molar-refractivity contribution in [1.82, 2.24) is 0 Å². The van der Waals surface area contributed by atoms with Gasteiger partial charge < -0.3 is 27.2 Å². The highest BCUT2D eigenvalue weighted by Crippen LogP contribution is 2.30. The third-order valence-corrected chi connectivity index (χ3v) is 4.85. The van der Waals surface area contributed by atoms with E-state index in [-0.39, 0.29) is 17.8 Å². The second-order valence-corrected chi connectivity index (χ2v) is 6.95. The minimum Gasteiger partial charge on any atom is -0.461 e. The monoisotopic (exact) mass is 410 g/mol. The number of furan rings is 3. The molecule has 0 spiro atoms. The Labute approximate surface area is 176 Å². The molecule has 0 fully saturated rings. The van der Waals surface area contributed by atoms with Gasteiger partial charge in [-0.15, -0.1) is 0 Å². The van der Waals surface area contributed by atoms with Crippen LogP contribution in [0.15, 0.2) is 104 Å². The van der Waals surface area contributed by atoms with E-state index in [2.05, 4.69) is 0 Å². The smallest absolute Gasteiger partial charge is 0.461 e. The van der Waals surface area contributed by atoms with E-state index in [0.29, 0.717) is 16.7 Å². The van der Waals surface area contributed by atoms with Crippen molar-refractivity contribution >= 4 is 40.2 Å². The number of para-hydroxylation sites is 3. The van der Waals surface area contributed by atoms with Gasteiger partial charge >= 0.3 is 7.32 Å². The summed E-state index contributed by atoms with van der Waals surface area (Å²) in [6, 6.07) is 28.1. The van der Waals surface area contributed by atoms with E-state index in [1.54, 1.807) is 18.2 Å². The van der Waals surface area contributed by atoms with Crippen molar-refractivity contribution in [3.63, 3.8) is 0 Å². The van der Waals surface area contributed by atoms with Gasteiger partial charge in [-0.05, 0) is 18.2 Å². The van der Waals surface area contributed by atoms with Crippen LogP contribution in [-0.4, -0.2) is 7.32 Å². The van der Waals surface area contributed by atoms with E-state index in [1.807, 2.05) is 72.8 Å². The summed E-state index contributed by atoms with van der Waals surface area (Å²) in [7, 11) is -1.21. The SMILES string of the molecule is c1ccc2oc(OB(Oc3cc4ccccc4o3)Oc3cc4ccccc4o3)cc2c1. The Morgan fingerprint density at radius 2 is 0.774 bits per heavy atom. The predicted molar refractivity (Wildman–Crippen MR) is 116 cm³/mol. The maximum absolute atomic E-state index is 5.87. The molecule has 0 amide bonds. The van der Waals surface area contributed by atoms with Gasteiger partial charge in [0, 0.05) is 34.4 Å². The topological polar surface area (TPSA) is 67.1 Å². The molecule has 0 aliphatic rings. The molecular weight excluding hydrogens is 395 g/mol. The van der Waals surface area contributed by atoms with Gasteiger partial charge in [-0.2, -0.15) is 0 Å². The Bertz CT molecular complexity index is 1210. The molecular formula is C24H15BO6. The summed E-state index contributed by atoms with van der Waals surface area (Å²) >= 11 is 0. The van der Waals surface area contributed by atoms with Gasteiger partial charge in [-0.3, -0.25) is 0 Å². The van der Waals surface area contributed by atoms with Crippen LogP contribution in [-0.2, 0) is 0 Å². The standard InChI is InChI=1S/C24H15BO6/c1-4-10-19-16(7-1)13-22(26-19)29-25(30-23-14-17-8-2-5-11-20(17)27-23)31-24-15-18-9-3-6-12-21(18)28-24/h1-15H. The quantitative estimate of drug-likeness (QED) is 0.294. The number of rotatable bonds is 6. The number of benzene rings is 3. The van der Waals surface area contributed by atoms with Crippen LogP contribution >= 0.6 is 0 Å². The molecule has 6 aromatic rings. The lowest BCUT2D eigenvalue weighted by atomic mass is 10.2. The maximum Gasteiger partial charge on any atom is 0.870 e. The second kappa shape index (κ2) is 7.21. The van der Waals surface area contributed by atoms with E-state index in [9.17, 15) is 0 Å². The normalized spacial score (nSPS) is 11.2. The molecule has 6 rings (SSSR count). The minimum absolute atomic E-state index is 0.249. The lowest BCUT2D eigenvalue weighted by molar-refractivity contribution is 0.230. The zero-order valence-electron chi connectivity index (χ0n) is 16.2. The number of fused-ring (bicyclic) bond motifs is 3. The van der Waals surface area contributed by atoms with Gasteiger partial charge in [0.2, 0.25) is 0 Å². The summed E-state index contributed by atoms with van der Waals surface area (Å²) in [6.07, 6.45) is 0. The van der Waals surface area contributed by atoms with Gasteiger partial charge in [-0.25, -0.2) is 0 Å². The highest BCUT2D eigenvalue weighted by Gasteiger charge is 2.34. The lowest BCUT2D eigenvalue weighted by Crippen LogP contribution is -2.36. The van der Waals surface area contributed by atoms with Crippen LogP contribution in [0, 0.1) is 0 Å². The van der Waals surface area contributed by atoms with Crippen LogP contribution in [0.4, 0.5) is 0 Å². The molecule has 0 N–H and O–H groups in total. The maximum atomic E-state index is 5.87. The molecule has 150 valence electrons. The van der Waals surface area contributed by atoms with Gasteiger partial charge in [0.1, 0.15) is 16.7 Å². The Balaban J connectivity index is 1.32. The Kier molecular flexibility index (Phi) is 4.09. The molecule has 7 heteroatoms. The molecule has 3 aromatic heterocycles. The Hall–Kier alpha value is -4.26. The molecule has 0 radical (unpaired) electrons. The Morgan fingerprint density at radius 1 is 0.452 bits per heavy atom. The first-order chi connectivity index (χ1) is 15.3. The van der Waals surface area contributed by atoms with Crippen LogP contribution in [0.3, 0.4) is 0 Å². The van der Waals surface area contributed by atoms with Crippen molar-refractivity contribution in [2.24, 2.45) is 0 Å². The van der Waals surface area contributed by atoms with Crippen molar-refractivity contribution < 1.29 is 27.2 Å². The summed E-state index contributed by atoms with van der Waals surface area (Å²) in [5, 5.41) is 2.72. The van der Waals surface area contributed by atoms with Gasteiger partial charge in [0.05, 0.1) is 0 Å². The minimum atomic E-state index is -1.21. The van der Waals surface area contributed by atoms with E-state index < -0.39 is 7.32 Å². The van der Waals surface area contributed by atoms with Crippen LogP contribution in [0.25, 0.3) is 32.9 Å². The van der Waals surface area contributed by atoms with E-state index in [0.717, 1.165) is 16.2 Å². The zero-order chi connectivity index (χ0) is 20.6. The van der Waals surface area contributed by atoms with Crippen LogP contribution in [0.1, 0.15) is 0 Å². The van der Waals surface area contributed by atoms with E-state index in [4.69, 9.17) is 27.2 Å². The highest BCUT2D eigenvalue weighted by atomic mass is 16.8. The third-order valence-electron chi connectivity index (χ3n) is 4.85. The Morgan fingerprint density at radius 3 is 1.10 bits per heavy atom. The van der Waals surface area contributed by atoms with Gasteiger partial charge in [0.25, 0.3) is 17.8 Å². The zero-order valence-corrected chi connectivity index (χ0v) is 16.2. The van der Waals surface area contributed by atoms with Crippen molar-refractivity contribution in [2.75, 3.05) is 0 Å². The number of hydrogen-bond acceptors (Lipinski definition) is 6. The van der Waals surface area contributed by atoms with Crippen LogP contribution in [0.2, 0.25) is 0 Å². The van der Waals surface area contributed by atoms with Gasteiger partial charge in [-0.1, -0.05) is 54.6 Å². The average Bonchev–Trinajstić information content (AvgIpc) is 3.48. The molecule has 31 heavy (non-hydrogen) atoms. The van der Waals surface area contributed by atoms with E-state index in [1.165, 1.54) is 0 Å². The first-order valence-corrected chi connectivity index (χ1v) is 9.76. The summed E-state index contributed by atoms with van der Waals surface area (Å²) in [4.78, 5) is 0. The second-order valence-electron chi connectivity index (χ2n) is 6.95. The summed E-state index contributed by atoms with van der Waals surface area (Å²) in [5.41, 5.74) is 2.09. The third kappa shape index (κ3) is 3.46. The predicted octanol–water partition coefficient (Wildman–Crippen LogP) is 6.45. The number of hydrogen-bond donors (Lipinski definition) is 0. The summed E-state index contributed by atoms with van der Waals surface area (Å²) in [5.74, 6) is 0.746. The van der Waals surface area contributed by atoms with E-state index >= 15 is 0 Å². The fraction of sp³-hybridized carbons (Fsp3) is 0. The fourth-order valence-corrected chi connectivity index (χ4v) is 3.40. The molecule has 3 heterocycles. The largest absolute Gasteiger partial charge is 0.870 e. The molecule has 0 saturated heterocycles. The van der Waals surface area contributed by atoms with Gasteiger partial charge in [0.15, 0.2) is 0 Å². The first kappa shape index (κ1) is 17.6. The summed E-state index contributed by atoms with van der Waals surface area (Å²) in [6.45, 7) is 0. The van der Waals surface area contributed by atoms with Crippen LogP contribution in [0.5, 0.6) is 17.8 Å².